The first-order valence-corrected chi connectivity index (χ1v) is 10.9. The molecule has 2 fully saturated rings. The van der Waals surface area contributed by atoms with Gasteiger partial charge in [-0.1, -0.05) is 0 Å². The summed E-state index contributed by atoms with van der Waals surface area (Å²) in [6.45, 7) is -1.83. The number of benzene rings is 1. The number of nitrogens with zero attached hydrogens (tertiary/aromatic N) is 2. The topological polar surface area (TPSA) is 71.3 Å². The second-order valence-corrected chi connectivity index (χ2v) is 8.33. The average molecular weight is 458 g/mol. The van der Waals surface area contributed by atoms with Gasteiger partial charge in [-0.2, -0.15) is 8.78 Å². The van der Waals surface area contributed by atoms with Crippen LogP contribution in [0.15, 0.2) is 36.7 Å². The number of methoxy groups -OCH3 is 1. The Kier molecular flexibility index (Phi) is 5.88. The van der Waals surface area contributed by atoms with Crippen molar-refractivity contribution >= 4 is 11.4 Å². The van der Waals surface area contributed by atoms with Crippen LogP contribution in [0.4, 0.5) is 8.78 Å². The summed E-state index contributed by atoms with van der Waals surface area (Å²) in [6, 6.07) is 6.69. The van der Waals surface area contributed by atoms with Gasteiger partial charge in [-0.15, -0.1) is 0 Å². The first-order valence-electron chi connectivity index (χ1n) is 10.9. The SMILES string of the molecule is COc1cc(-c2cnc3cc(OCC4CCO4)ccn23)cc(OC(F)F)c1C(=O)CC1CC1. The van der Waals surface area contributed by atoms with Gasteiger partial charge in [-0.3, -0.25) is 9.20 Å². The fraction of sp³-hybridized carbons (Fsp3) is 0.417. The van der Waals surface area contributed by atoms with E-state index >= 15 is 0 Å². The van der Waals surface area contributed by atoms with Gasteiger partial charge in [0.05, 0.1) is 25.1 Å². The molecule has 3 heterocycles. The number of alkyl halides is 2. The number of aromatic nitrogens is 2. The van der Waals surface area contributed by atoms with Gasteiger partial charge in [0.25, 0.3) is 0 Å². The van der Waals surface area contributed by atoms with Gasteiger partial charge >= 0.3 is 6.61 Å². The second kappa shape index (κ2) is 8.97. The minimum atomic E-state index is -3.07. The van der Waals surface area contributed by atoms with E-state index in [1.807, 2.05) is 0 Å². The maximum absolute atomic E-state index is 13.2. The van der Waals surface area contributed by atoms with Crippen LogP contribution in [0.5, 0.6) is 17.2 Å². The van der Waals surface area contributed by atoms with E-state index in [2.05, 4.69) is 4.98 Å². The standard InChI is InChI=1S/C24H24F2N2O5/c1-30-20-9-15(10-21(33-24(25)26)23(20)19(29)8-14-2-3-14)18-12-27-22-11-16(4-6-28(18)22)32-13-17-5-7-31-17/h4,6,9-12,14,17,24H,2-3,5,7-8,13H2,1H3. The van der Waals surface area contributed by atoms with E-state index in [9.17, 15) is 13.6 Å². The highest BCUT2D eigenvalue weighted by atomic mass is 19.3. The normalized spacial score (nSPS) is 17.8. The van der Waals surface area contributed by atoms with Gasteiger partial charge < -0.3 is 18.9 Å². The molecule has 3 aromatic rings. The van der Waals surface area contributed by atoms with E-state index in [0.717, 1.165) is 25.9 Å². The number of rotatable bonds is 10. The van der Waals surface area contributed by atoms with E-state index in [4.69, 9.17) is 18.9 Å². The highest BCUT2D eigenvalue weighted by Crippen LogP contribution is 2.40. The third kappa shape index (κ3) is 4.64. The molecule has 1 aliphatic carbocycles. The maximum Gasteiger partial charge on any atom is 0.387 e. The van der Waals surface area contributed by atoms with Crippen LogP contribution in [0.2, 0.25) is 0 Å². The van der Waals surface area contributed by atoms with Crippen LogP contribution in [0.1, 0.15) is 36.0 Å². The van der Waals surface area contributed by atoms with E-state index in [0.29, 0.717) is 41.6 Å². The number of pyridine rings is 1. The zero-order valence-electron chi connectivity index (χ0n) is 18.1. The first-order chi connectivity index (χ1) is 16.0. The largest absolute Gasteiger partial charge is 0.496 e. The van der Waals surface area contributed by atoms with E-state index in [1.165, 1.54) is 13.2 Å². The zero-order valence-corrected chi connectivity index (χ0v) is 18.1. The number of Topliss-reactive ketones (excluding diaryl/α,β-unsaturated/α-hetero) is 1. The van der Waals surface area contributed by atoms with Crippen molar-refractivity contribution in [3.63, 3.8) is 0 Å². The average Bonchev–Trinajstić information content (AvgIpc) is 3.46. The van der Waals surface area contributed by atoms with Gasteiger partial charge in [0.15, 0.2) is 5.78 Å². The monoisotopic (exact) mass is 458 g/mol. The molecule has 1 aromatic carbocycles. The quantitative estimate of drug-likeness (QED) is 0.408. The van der Waals surface area contributed by atoms with Crippen molar-refractivity contribution in [2.75, 3.05) is 20.3 Å². The molecule has 1 saturated carbocycles. The molecule has 7 nitrogen and oxygen atoms in total. The summed E-state index contributed by atoms with van der Waals surface area (Å²) >= 11 is 0. The van der Waals surface area contributed by atoms with Crippen molar-refractivity contribution in [2.24, 2.45) is 5.92 Å². The highest BCUT2D eigenvalue weighted by Gasteiger charge is 2.30. The van der Waals surface area contributed by atoms with Crippen molar-refractivity contribution in [2.45, 2.75) is 38.4 Å². The number of hydrogen-bond donors (Lipinski definition) is 0. The number of hydrogen-bond acceptors (Lipinski definition) is 6. The van der Waals surface area contributed by atoms with Crippen LogP contribution in [0.25, 0.3) is 16.9 Å². The van der Waals surface area contributed by atoms with Crippen LogP contribution >= 0.6 is 0 Å². The fourth-order valence-corrected chi connectivity index (χ4v) is 3.92. The Morgan fingerprint density at radius 1 is 1.24 bits per heavy atom. The lowest BCUT2D eigenvalue weighted by Crippen LogP contribution is -2.32. The number of halogens is 2. The van der Waals surface area contributed by atoms with Gasteiger partial charge in [0, 0.05) is 37.3 Å². The van der Waals surface area contributed by atoms with Crippen molar-refractivity contribution < 1.29 is 32.5 Å². The molecule has 2 aliphatic rings. The lowest BCUT2D eigenvalue weighted by Gasteiger charge is -2.26. The van der Waals surface area contributed by atoms with E-state index in [-0.39, 0.29) is 28.9 Å². The van der Waals surface area contributed by atoms with Crippen molar-refractivity contribution in [1.82, 2.24) is 9.38 Å². The van der Waals surface area contributed by atoms with Crippen molar-refractivity contribution in [3.05, 3.63) is 42.2 Å². The molecule has 2 aromatic heterocycles. The van der Waals surface area contributed by atoms with Crippen LogP contribution in [0.3, 0.4) is 0 Å². The molecule has 1 atom stereocenters. The van der Waals surface area contributed by atoms with Gasteiger partial charge in [0.2, 0.25) is 0 Å². The first kappa shape index (κ1) is 21.6. The molecule has 0 radical (unpaired) electrons. The van der Waals surface area contributed by atoms with E-state index in [1.54, 1.807) is 35.0 Å². The highest BCUT2D eigenvalue weighted by molar-refractivity contribution is 6.02. The van der Waals surface area contributed by atoms with Crippen LogP contribution in [-0.2, 0) is 4.74 Å². The van der Waals surface area contributed by atoms with Crippen molar-refractivity contribution in [1.29, 1.82) is 0 Å². The smallest absolute Gasteiger partial charge is 0.387 e. The Morgan fingerprint density at radius 2 is 2.03 bits per heavy atom. The van der Waals surface area contributed by atoms with Crippen molar-refractivity contribution in [3.8, 4) is 28.5 Å². The zero-order chi connectivity index (χ0) is 22.9. The third-order valence-electron chi connectivity index (χ3n) is 5.96. The summed E-state index contributed by atoms with van der Waals surface area (Å²) in [4.78, 5) is 17.2. The van der Waals surface area contributed by atoms with Gasteiger partial charge in [0.1, 0.15) is 35.1 Å². The molecule has 1 unspecified atom stereocenters. The Labute approximate surface area is 189 Å². The summed E-state index contributed by atoms with van der Waals surface area (Å²) in [6.07, 6.45) is 6.76. The summed E-state index contributed by atoms with van der Waals surface area (Å²) in [5.41, 5.74) is 1.85. The molecule has 1 saturated heterocycles. The number of ketones is 1. The molecule has 5 rings (SSSR count). The fourth-order valence-electron chi connectivity index (χ4n) is 3.92. The summed E-state index contributed by atoms with van der Waals surface area (Å²) < 4.78 is 49.5. The Hall–Kier alpha value is -3.20. The minimum Gasteiger partial charge on any atom is -0.496 e. The number of fused-ring (bicyclic) bond motifs is 1. The predicted molar refractivity (Wildman–Crippen MR) is 115 cm³/mol. The molecular weight excluding hydrogens is 434 g/mol. The number of carbonyl (C=O) groups is 1. The van der Waals surface area contributed by atoms with Gasteiger partial charge in [-0.25, -0.2) is 4.98 Å². The Bertz CT molecular complexity index is 1170. The maximum atomic E-state index is 13.2. The molecule has 174 valence electrons. The lowest BCUT2D eigenvalue weighted by molar-refractivity contribution is -0.0720. The predicted octanol–water partition coefficient (Wildman–Crippen LogP) is 4.76. The Balaban J connectivity index is 1.48. The van der Waals surface area contributed by atoms with Crippen LogP contribution in [-0.4, -0.2) is 48.2 Å². The molecular formula is C24H24F2N2O5. The Morgan fingerprint density at radius 3 is 2.70 bits per heavy atom. The van der Waals surface area contributed by atoms with Gasteiger partial charge in [-0.05, 0) is 37.0 Å². The molecule has 0 bridgehead atoms. The summed E-state index contributed by atoms with van der Waals surface area (Å²) in [5.74, 6) is 0.708. The molecule has 1 aliphatic heterocycles. The molecule has 33 heavy (non-hydrogen) atoms. The second-order valence-electron chi connectivity index (χ2n) is 8.33. The summed E-state index contributed by atoms with van der Waals surface area (Å²) in [7, 11) is 1.41. The van der Waals surface area contributed by atoms with E-state index < -0.39 is 6.61 Å². The van der Waals surface area contributed by atoms with Crippen LogP contribution < -0.4 is 14.2 Å². The third-order valence-corrected chi connectivity index (χ3v) is 5.96. The number of ether oxygens (including phenoxy) is 4. The molecule has 0 amide bonds. The molecule has 0 spiro atoms. The lowest BCUT2D eigenvalue weighted by atomic mass is 10.00. The molecule has 0 N–H and O–H groups in total. The molecule has 9 heteroatoms. The number of imidazole rings is 1. The minimum absolute atomic E-state index is 0.0520. The number of carbonyl (C=O) groups excluding carboxylic acids is 1. The summed E-state index contributed by atoms with van der Waals surface area (Å²) in [5, 5.41) is 0. The van der Waals surface area contributed by atoms with Crippen LogP contribution in [0, 0.1) is 5.92 Å².